The average molecular weight is 294 g/mol. The van der Waals surface area contributed by atoms with Gasteiger partial charge in [-0.15, -0.1) is 0 Å². The molecule has 2 heteroatoms. The van der Waals surface area contributed by atoms with Crippen molar-refractivity contribution in [3.8, 4) is 0 Å². The number of benzene rings is 2. The largest absolute Gasteiger partial charge is 0.396 e. The van der Waals surface area contributed by atoms with Crippen LogP contribution in [0.4, 0.5) is 0 Å². The van der Waals surface area contributed by atoms with Crippen LogP contribution in [0.3, 0.4) is 0 Å². The smallest absolute Gasteiger partial charge is 0.0471 e. The highest BCUT2D eigenvalue weighted by Crippen LogP contribution is 2.76. The van der Waals surface area contributed by atoms with E-state index in [9.17, 15) is 10.2 Å². The molecule has 2 N–H and O–H groups in total. The van der Waals surface area contributed by atoms with Crippen LogP contribution >= 0.6 is 0 Å². The summed E-state index contributed by atoms with van der Waals surface area (Å²) in [5.74, 6) is 0.294. The predicted octanol–water partition coefficient (Wildman–Crippen LogP) is 2.89. The molecule has 0 spiro atoms. The fourth-order valence-electron chi connectivity index (χ4n) is 5.56. The van der Waals surface area contributed by atoms with Crippen molar-refractivity contribution in [1.82, 2.24) is 0 Å². The van der Waals surface area contributed by atoms with Gasteiger partial charge in [-0.2, -0.15) is 0 Å². The van der Waals surface area contributed by atoms with E-state index in [1.54, 1.807) is 0 Å². The molecule has 2 aliphatic carbocycles. The molecule has 4 atom stereocenters. The van der Waals surface area contributed by atoms with E-state index in [1.807, 2.05) is 12.1 Å². The van der Waals surface area contributed by atoms with Crippen molar-refractivity contribution in [3.63, 3.8) is 0 Å². The second-order valence-corrected chi connectivity index (χ2v) is 6.75. The van der Waals surface area contributed by atoms with Gasteiger partial charge in [-0.25, -0.2) is 0 Å². The van der Waals surface area contributed by atoms with Gasteiger partial charge in [0.25, 0.3) is 0 Å². The van der Waals surface area contributed by atoms with Crippen molar-refractivity contribution < 1.29 is 10.2 Å². The van der Waals surface area contributed by atoms with Gasteiger partial charge >= 0.3 is 0 Å². The third-order valence-electron chi connectivity index (χ3n) is 6.43. The monoisotopic (exact) mass is 294 g/mol. The van der Waals surface area contributed by atoms with Crippen LogP contribution in [0.5, 0.6) is 0 Å². The lowest BCUT2D eigenvalue weighted by Gasteiger charge is -2.77. The summed E-state index contributed by atoms with van der Waals surface area (Å²) in [5.41, 5.74) is 2.60. The quantitative estimate of drug-likeness (QED) is 0.910. The van der Waals surface area contributed by atoms with Crippen LogP contribution in [0, 0.1) is 11.8 Å². The molecule has 22 heavy (non-hydrogen) atoms. The van der Waals surface area contributed by atoms with E-state index >= 15 is 0 Å². The van der Waals surface area contributed by atoms with Gasteiger partial charge in [0.1, 0.15) is 0 Å². The molecule has 2 aromatic carbocycles. The van der Waals surface area contributed by atoms with E-state index in [0.717, 1.165) is 12.8 Å². The Morgan fingerprint density at radius 3 is 1.32 bits per heavy atom. The highest BCUT2D eigenvalue weighted by Gasteiger charge is 2.76. The minimum atomic E-state index is -0.0161. The normalized spacial score (nSPS) is 36.1. The molecule has 0 radical (unpaired) electrons. The Labute approximate surface area is 131 Å². The van der Waals surface area contributed by atoms with E-state index in [-0.39, 0.29) is 35.9 Å². The van der Waals surface area contributed by atoms with Crippen LogP contribution in [0.15, 0.2) is 60.7 Å². The van der Waals surface area contributed by atoms with Crippen molar-refractivity contribution in [2.24, 2.45) is 11.8 Å². The standard InChI is InChI=1S/C20H22O2/c21-13-17-18(14-22)20(16-9-5-2-6-10-16)12-11-19(17,20)15-7-3-1-4-8-15/h1-10,17-18,21-22H,11-14H2/t17-,18-,19-,20+/m0/s1. The van der Waals surface area contributed by atoms with Gasteiger partial charge in [-0.05, 0) is 35.8 Å². The van der Waals surface area contributed by atoms with Crippen LogP contribution in [-0.2, 0) is 10.8 Å². The van der Waals surface area contributed by atoms with Crippen molar-refractivity contribution >= 4 is 0 Å². The Hall–Kier alpha value is -1.64. The lowest BCUT2D eigenvalue weighted by Crippen LogP contribution is -2.78. The van der Waals surface area contributed by atoms with Gasteiger partial charge in [-0.1, -0.05) is 60.7 Å². The molecule has 2 aromatic rings. The topological polar surface area (TPSA) is 40.5 Å². The molecule has 0 aromatic heterocycles. The Morgan fingerprint density at radius 1 is 0.682 bits per heavy atom. The van der Waals surface area contributed by atoms with Crippen LogP contribution in [0.2, 0.25) is 0 Å². The van der Waals surface area contributed by atoms with Crippen molar-refractivity contribution in [1.29, 1.82) is 0 Å². The molecule has 0 aliphatic heterocycles. The summed E-state index contributed by atoms with van der Waals surface area (Å²) in [6.07, 6.45) is 2.18. The molecular formula is C20H22O2. The first-order valence-corrected chi connectivity index (χ1v) is 8.14. The summed E-state index contributed by atoms with van der Waals surface area (Å²) in [4.78, 5) is 0. The molecule has 114 valence electrons. The minimum Gasteiger partial charge on any atom is -0.396 e. The van der Waals surface area contributed by atoms with Gasteiger partial charge < -0.3 is 10.2 Å². The third kappa shape index (κ3) is 1.42. The van der Waals surface area contributed by atoms with Gasteiger partial charge in [0.05, 0.1) is 0 Å². The van der Waals surface area contributed by atoms with Gasteiger partial charge in [-0.3, -0.25) is 0 Å². The number of hydrogen-bond acceptors (Lipinski definition) is 2. The number of aliphatic hydroxyl groups is 2. The molecule has 4 rings (SSSR count). The zero-order valence-electron chi connectivity index (χ0n) is 12.7. The summed E-state index contributed by atoms with van der Waals surface area (Å²) < 4.78 is 0. The number of hydrogen-bond donors (Lipinski definition) is 2. The Bertz CT molecular complexity index is 594. The summed E-state index contributed by atoms with van der Waals surface area (Å²) in [5, 5.41) is 20.0. The molecule has 0 amide bonds. The summed E-state index contributed by atoms with van der Waals surface area (Å²) in [6, 6.07) is 21.2. The fourth-order valence-corrected chi connectivity index (χ4v) is 5.56. The Kier molecular flexibility index (Phi) is 3.14. The maximum absolute atomic E-state index is 9.99. The number of rotatable bonds is 4. The molecule has 0 saturated heterocycles. The summed E-state index contributed by atoms with van der Waals surface area (Å²) in [6.45, 7) is 0.295. The molecule has 2 nitrogen and oxygen atoms in total. The second kappa shape index (κ2) is 4.94. The van der Waals surface area contributed by atoms with E-state index in [2.05, 4.69) is 48.5 Å². The lowest BCUT2D eigenvalue weighted by molar-refractivity contribution is -0.199. The van der Waals surface area contributed by atoms with E-state index in [4.69, 9.17) is 0 Å². The molecule has 0 unspecified atom stereocenters. The van der Waals surface area contributed by atoms with Crippen LogP contribution in [0.25, 0.3) is 0 Å². The second-order valence-electron chi connectivity index (χ2n) is 6.75. The molecule has 0 bridgehead atoms. The first-order valence-electron chi connectivity index (χ1n) is 8.14. The number of aliphatic hydroxyl groups excluding tert-OH is 2. The predicted molar refractivity (Wildman–Crippen MR) is 86.6 cm³/mol. The van der Waals surface area contributed by atoms with Crippen molar-refractivity contribution in [2.75, 3.05) is 13.2 Å². The summed E-state index contributed by atoms with van der Waals surface area (Å²) in [7, 11) is 0. The maximum Gasteiger partial charge on any atom is 0.0471 e. The number of fused-ring (bicyclic) bond motifs is 1. The van der Waals surface area contributed by atoms with E-state index in [0.29, 0.717) is 0 Å². The lowest BCUT2D eigenvalue weighted by atomic mass is 9.26. The molecule has 2 aliphatic rings. The SMILES string of the molecule is OC[C@H]1[C@H](CO)[C@]2(c3ccccc3)CC[C@]12c1ccccc1. The maximum atomic E-state index is 9.99. The fraction of sp³-hybridized carbons (Fsp3) is 0.400. The Morgan fingerprint density at radius 2 is 1.05 bits per heavy atom. The van der Waals surface area contributed by atoms with Crippen molar-refractivity contribution in [2.45, 2.75) is 23.7 Å². The van der Waals surface area contributed by atoms with E-state index < -0.39 is 0 Å². The van der Waals surface area contributed by atoms with Crippen LogP contribution in [0.1, 0.15) is 24.0 Å². The first kappa shape index (κ1) is 14.0. The molecule has 2 fully saturated rings. The van der Waals surface area contributed by atoms with Crippen LogP contribution in [-0.4, -0.2) is 23.4 Å². The molecular weight excluding hydrogens is 272 g/mol. The minimum absolute atomic E-state index is 0.0161. The zero-order valence-corrected chi connectivity index (χ0v) is 12.7. The van der Waals surface area contributed by atoms with Gasteiger partial charge in [0.15, 0.2) is 0 Å². The molecule has 0 heterocycles. The molecule has 2 saturated carbocycles. The van der Waals surface area contributed by atoms with Gasteiger partial charge in [0.2, 0.25) is 0 Å². The third-order valence-corrected chi connectivity index (χ3v) is 6.43. The Balaban J connectivity index is 1.89. The highest BCUT2D eigenvalue weighted by atomic mass is 16.3. The van der Waals surface area contributed by atoms with Crippen molar-refractivity contribution in [3.05, 3.63) is 71.8 Å². The van der Waals surface area contributed by atoms with Crippen LogP contribution < -0.4 is 0 Å². The highest BCUT2D eigenvalue weighted by molar-refractivity contribution is 5.51. The first-order chi connectivity index (χ1) is 10.8. The van der Waals surface area contributed by atoms with E-state index in [1.165, 1.54) is 11.1 Å². The van der Waals surface area contributed by atoms with Gasteiger partial charge in [0, 0.05) is 24.0 Å². The average Bonchev–Trinajstić information content (AvgIpc) is 2.58. The zero-order chi connectivity index (χ0) is 15.2. The summed E-state index contributed by atoms with van der Waals surface area (Å²) >= 11 is 0.